The van der Waals surface area contributed by atoms with Crippen molar-refractivity contribution in [2.24, 2.45) is 5.92 Å². The van der Waals surface area contributed by atoms with Crippen molar-refractivity contribution in [1.82, 2.24) is 0 Å². The maximum Gasteiger partial charge on any atom is 0.139 e. The number of nitrogens with zero attached hydrogens (tertiary/aromatic N) is 1. The normalized spacial score (nSPS) is 8.40. The number of nitriles is 1. The van der Waals surface area contributed by atoms with Crippen LogP contribution in [0.2, 0.25) is 0 Å². The van der Waals surface area contributed by atoms with Crippen LogP contribution in [-0.2, 0) is 10.7 Å². The van der Waals surface area contributed by atoms with Gasteiger partial charge in [0.05, 0.1) is 6.07 Å². The van der Waals surface area contributed by atoms with Crippen LogP contribution in [-0.4, -0.2) is 14.2 Å². The van der Waals surface area contributed by atoms with Crippen molar-refractivity contribution in [2.45, 2.75) is 20.8 Å². The Balaban J connectivity index is 0. The summed E-state index contributed by atoms with van der Waals surface area (Å²) in [5, 5.41) is 7.89. The molecule has 0 unspecified atom stereocenters. The fourth-order valence-corrected chi connectivity index (χ4v) is 0. The molecule has 0 atom stereocenters. The second-order valence-electron chi connectivity index (χ2n) is 1.93. The fraction of sp³-hybridized carbons (Fsp3) is 0.833. The minimum atomic E-state index is -2.10. The van der Waals surface area contributed by atoms with Crippen molar-refractivity contribution in [2.75, 3.05) is 5.75 Å². The van der Waals surface area contributed by atoms with Crippen LogP contribution >= 0.6 is 0 Å². The molecule has 3 nitrogen and oxygen atoms in total. The van der Waals surface area contributed by atoms with Crippen LogP contribution in [0, 0.1) is 17.2 Å². The van der Waals surface area contributed by atoms with Crippen molar-refractivity contribution in [3.63, 3.8) is 0 Å². The molecule has 60 valence electrons. The molecule has 0 rings (SSSR count). The van der Waals surface area contributed by atoms with Crippen LogP contribution in [0.25, 0.3) is 0 Å². The van der Waals surface area contributed by atoms with Gasteiger partial charge >= 0.3 is 0 Å². The summed E-state index contributed by atoms with van der Waals surface area (Å²) in [5.41, 5.74) is 0. The van der Waals surface area contributed by atoms with E-state index in [0.29, 0.717) is 0 Å². The molecule has 0 saturated carbocycles. The first-order valence-electron chi connectivity index (χ1n) is 3.06. The van der Waals surface area contributed by atoms with Crippen LogP contribution in [0.4, 0.5) is 0 Å². The van der Waals surface area contributed by atoms with Crippen molar-refractivity contribution < 1.29 is 8.42 Å². The van der Waals surface area contributed by atoms with Crippen LogP contribution in [0.1, 0.15) is 20.8 Å². The van der Waals surface area contributed by atoms with Gasteiger partial charge in [0.2, 0.25) is 0 Å². The number of rotatable bonds is 1. The van der Waals surface area contributed by atoms with E-state index in [1.165, 1.54) is 0 Å². The summed E-state index contributed by atoms with van der Waals surface area (Å²) in [5.74, 6) is 0.449. The lowest BCUT2D eigenvalue weighted by atomic mass is 10.3. The first-order chi connectivity index (χ1) is 4.54. The summed E-state index contributed by atoms with van der Waals surface area (Å²) in [7, 11) is -2.10. The lowest BCUT2D eigenvalue weighted by Crippen LogP contribution is -1.73. The summed E-state index contributed by atoms with van der Waals surface area (Å²) >= 11 is 0. The molecular weight excluding hydrogens is 150 g/mol. The van der Waals surface area contributed by atoms with Gasteiger partial charge in [0, 0.05) is 11.7 Å². The van der Waals surface area contributed by atoms with E-state index in [0.717, 1.165) is 0 Å². The minimum Gasteiger partial charge on any atom is -0.232 e. The molecule has 4 heteroatoms. The van der Waals surface area contributed by atoms with Crippen LogP contribution in [0.3, 0.4) is 0 Å². The van der Waals surface area contributed by atoms with Gasteiger partial charge in [-0.25, -0.2) is 8.42 Å². The smallest absolute Gasteiger partial charge is 0.139 e. The summed E-state index contributed by atoms with van der Waals surface area (Å²) in [4.78, 5) is 0. The maximum atomic E-state index is 9.41. The lowest BCUT2D eigenvalue weighted by molar-refractivity contribution is 0.615. The molecule has 0 aromatic heterocycles. The average Bonchev–Trinajstić information content (AvgIpc) is 1.89. The second kappa shape index (κ2) is 8.44. The zero-order valence-electron chi connectivity index (χ0n) is 6.50. The highest BCUT2D eigenvalue weighted by Crippen LogP contribution is 1.81. The second-order valence-corrected chi connectivity index (χ2v) is 3.23. The summed E-state index contributed by atoms with van der Waals surface area (Å²) in [6.07, 6.45) is 0. The highest BCUT2D eigenvalue weighted by Gasteiger charge is 1.78. The van der Waals surface area contributed by atoms with E-state index in [1.54, 1.807) is 6.92 Å². The molecule has 0 N–H and O–H groups in total. The lowest BCUT2D eigenvalue weighted by Gasteiger charge is -1.75. The van der Waals surface area contributed by atoms with E-state index in [-0.39, 0.29) is 11.7 Å². The van der Waals surface area contributed by atoms with Gasteiger partial charge in [0.25, 0.3) is 0 Å². The van der Waals surface area contributed by atoms with Gasteiger partial charge in [-0.1, -0.05) is 6.92 Å². The van der Waals surface area contributed by atoms with Gasteiger partial charge in [-0.2, -0.15) is 5.26 Å². The average molecular weight is 163 g/mol. The van der Waals surface area contributed by atoms with E-state index < -0.39 is 10.7 Å². The Morgan fingerprint density at radius 2 is 1.70 bits per heavy atom. The zero-order valence-corrected chi connectivity index (χ0v) is 7.39. The third kappa shape index (κ3) is 26.1. The first-order valence-corrected chi connectivity index (χ1v) is 4.42. The fourth-order valence-electron chi connectivity index (χ4n) is 0. The van der Waals surface area contributed by atoms with Gasteiger partial charge in [-0.15, -0.1) is 0 Å². The van der Waals surface area contributed by atoms with E-state index in [4.69, 9.17) is 5.26 Å². The molecule has 10 heavy (non-hydrogen) atoms. The highest BCUT2D eigenvalue weighted by atomic mass is 32.2. The summed E-state index contributed by atoms with van der Waals surface area (Å²) in [6, 6.07) is 2.03. The standard InChI is InChI=1S/C4H7N.C2H6O2S/c1-4(2)3-5;1-2-5(3)4/h4H,1-2H3;5H,2H2,1H3. The molecule has 0 amide bonds. The van der Waals surface area contributed by atoms with Gasteiger partial charge in [0.1, 0.15) is 10.7 Å². The third-order valence-electron chi connectivity index (χ3n) is 0.516. The van der Waals surface area contributed by atoms with E-state index in [9.17, 15) is 8.42 Å². The van der Waals surface area contributed by atoms with Gasteiger partial charge in [-0.05, 0) is 13.8 Å². The Morgan fingerprint density at radius 1 is 1.50 bits per heavy atom. The van der Waals surface area contributed by atoms with Crippen molar-refractivity contribution >= 4 is 10.7 Å². The van der Waals surface area contributed by atoms with Crippen LogP contribution < -0.4 is 0 Å². The topological polar surface area (TPSA) is 57.9 Å². The molecule has 0 radical (unpaired) electrons. The maximum absolute atomic E-state index is 9.41. The Hall–Kier alpha value is -0.560. The van der Waals surface area contributed by atoms with Gasteiger partial charge in [0.15, 0.2) is 0 Å². The Bertz CT molecular complexity index is 159. The van der Waals surface area contributed by atoms with Crippen molar-refractivity contribution in [3.8, 4) is 6.07 Å². The molecule has 0 aliphatic rings. The molecule has 0 saturated heterocycles. The first kappa shape index (κ1) is 12.1. The summed E-state index contributed by atoms with van der Waals surface area (Å²) in [6.45, 7) is 5.33. The molecule has 0 aromatic rings. The predicted molar refractivity (Wildman–Crippen MR) is 41.3 cm³/mol. The minimum absolute atomic E-state index is 0.190. The van der Waals surface area contributed by atoms with E-state index in [2.05, 4.69) is 0 Å². The predicted octanol–water partition coefficient (Wildman–Crippen LogP) is 0.784. The van der Waals surface area contributed by atoms with E-state index in [1.807, 2.05) is 19.9 Å². The molecule has 0 aliphatic carbocycles. The molecular formula is C6H13NO2S. The third-order valence-corrected chi connectivity index (χ3v) is 1.03. The van der Waals surface area contributed by atoms with Crippen LogP contribution in [0.5, 0.6) is 0 Å². The van der Waals surface area contributed by atoms with Crippen molar-refractivity contribution in [3.05, 3.63) is 0 Å². The number of hydrogen-bond acceptors (Lipinski definition) is 3. The molecule has 0 spiro atoms. The molecule has 0 fully saturated rings. The Labute approximate surface area is 63.6 Å². The van der Waals surface area contributed by atoms with Gasteiger partial charge in [-0.3, -0.25) is 0 Å². The Morgan fingerprint density at radius 3 is 1.70 bits per heavy atom. The number of thiol groups is 1. The van der Waals surface area contributed by atoms with Gasteiger partial charge < -0.3 is 0 Å². The zero-order chi connectivity index (χ0) is 8.57. The Kier molecular flexibility index (Phi) is 10.3. The molecule has 0 bridgehead atoms. The monoisotopic (exact) mass is 163 g/mol. The SMILES string of the molecule is CC(C)C#N.CC[SH](=O)=O. The largest absolute Gasteiger partial charge is 0.232 e. The highest BCUT2D eigenvalue weighted by molar-refractivity contribution is 7.72. The molecule has 0 aliphatic heterocycles. The van der Waals surface area contributed by atoms with Crippen molar-refractivity contribution in [1.29, 1.82) is 5.26 Å². The van der Waals surface area contributed by atoms with Crippen LogP contribution in [0.15, 0.2) is 0 Å². The quantitative estimate of drug-likeness (QED) is 0.581. The molecule has 0 aromatic carbocycles. The number of hydrogen-bond donors (Lipinski definition) is 1. The summed E-state index contributed by atoms with van der Waals surface area (Å²) < 4.78 is 18.8. The van der Waals surface area contributed by atoms with E-state index >= 15 is 0 Å². The molecule has 0 heterocycles.